The monoisotopic (exact) mass is 310 g/mol. The molecule has 0 spiro atoms. The number of hydrogen-bond acceptors (Lipinski definition) is 3. The van der Waals surface area contributed by atoms with E-state index in [1.807, 2.05) is 13.8 Å². The van der Waals surface area contributed by atoms with Crippen LogP contribution in [0.5, 0.6) is 0 Å². The van der Waals surface area contributed by atoms with Gasteiger partial charge < -0.3 is 5.73 Å². The molecule has 21 heavy (non-hydrogen) atoms. The van der Waals surface area contributed by atoms with E-state index in [-0.39, 0.29) is 10.9 Å². The Hall–Kier alpha value is -1.07. The third-order valence-electron chi connectivity index (χ3n) is 4.42. The maximum Gasteiger partial charge on any atom is 0.242 e. The van der Waals surface area contributed by atoms with Crippen molar-refractivity contribution >= 4 is 15.7 Å². The van der Waals surface area contributed by atoms with Gasteiger partial charge in [-0.25, -0.2) is 13.1 Å². The number of nitrogens with one attached hydrogen (secondary N) is 1. The molecule has 5 heteroatoms. The number of aryl methyl sites for hydroxylation is 1. The van der Waals surface area contributed by atoms with Crippen LogP contribution in [0.1, 0.15) is 51.0 Å². The fourth-order valence-corrected chi connectivity index (χ4v) is 4.73. The van der Waals surface area contributed by atoms with Crippen LogP contribution in [0.3, 0.4) is 0 Å². The first kappa shape index (κ1) is 16.3. The predicted molar refractivity (Wildman–Crippen MR) is 86.6 cm³/mol. The number of hydrogen-bond donors (Lipinski definition) is 2. The van der Waals surface area contributed by atoms with Gasteiger partial charge in [0.15, 0.2) is 0 Å². The minimum atomic E-state index is -3.54. The molecule has 0 aliphatic heterocycles. The standard InChI is InChI=1S/C16H26N2O2S/c1-3-15(13-7-5-4-6-8-13)18-21(19,20)16-10-9-12(2)11-14(16)17/h9-11,13,15,18H,3-8,17H2,1-2H3. The average molecular weight is 310 g/mol. The van der Waals surface area contributed by atoms with Gasteiger partial charge in [0.2, 0.25) is 10.0 Å². The molecular weight excluding hydrogens is 284 g/mol. The molecule has 1 fully saturated rings. The first-order valence-electron chi connectivity index (χ1n) is 7.82. The normalized spacial score (nSPS) is 18.6. The van der Waals surface area contributed by atoms with E-state index in [2.05, 4.69) is 4.72 Å². The van der Waals surface area contributed by atoms with Gasteiger partial charge in [-0.2, -0.15) is 0 Å². The molecule has 1 aromatic carbocycles. The fourth-order valence-electron chi connectivity index (χ4n) is 3.22. The zero-order valence-electron chi connectivity index (χ0n) is 12.9. The maximum absolute atomic E-state index is 12.6. The number of benzene rings is 1. The Labute approximate surface area is 128 Å². The van der Waals surface area contributed by atoms with Gasteiger partial charge in [0.25, 0.3) is 0 Å². The average Bonchev–Trinajstić information content (AvgIpc) is 2.45. The van der Waals surface area contributed by atoms with Gasteiger partial charge in [-0.1, -0.05) is 32.3 Å². The minimum Gasteiger partial charge on any atom is -0.398 e. The molecule has 0 bridgehead atoms. The van der Waals surface area contributed by atoms with Gasteiger partial charge in [0, 0.05) is 6.04 Å². The molecule has 4 nitrogen and oxygen atoms in total. The Bertz CT molecular complexity index is 578. The van der Waals surface area contributed by atoms with E-state index in [1.54, 1.807) is 18.2 Å². The highest BCUT2D eigenvalue weighted by atomic mass is 32.2. The van der Waals surface area contributed by atoms with Crippen LogP contribution < -0.4 is 10.5 Å². The second-order valence-electron chi connectivity index (χ2n) is 6.08. The SMILES string of the molecule is CCC(NS(=O)(=O)c1ccc(C)cc1N)C1CCCCC1. The Morgan fingerprint density at radius 3 is 2.52 bits per heavy atom. The summed E-state index contributed by atoms with van der Waals surface area (Å²) in [4.78, 5) is 0.197. The van der Waals surface area contributed by atoms with E-state index < -0.39 is 10.0 Å². The summed E-state index contributed by atoms with van der Waals surface area (Å²) >= 11 is 0. The summed E-state index contributed by atoms with van der Waals surface area (Å²) in [7, 11) is -3.54. The molecule has 1 atom stereocenters. The molecule has 1 saturated carbocycles. The van der Waals surface area contributed by atoms with Gasteiger partial charge in [-0.3, -0.25) is 0 Å². The Morgan fingerprint density at radius 2 is 1.95 bits per heavy atom. The quantitative estimate of drug-likeness (QED) is 0.820. The molecule has 1 aromatic rings. The second kappa shape index (κ2) is 6.79. The van der Waals surface area contributed by atoms with Crippen molar-refractivity contribution in [2.24, 2.45) is 5.92 Å². The van der Waals surface area contributed by atoms with Gasteiger partial charge >= 0.3 is 0 Å². The van der Waals surface area contributed by atoms with Gasteiger partial charge in [-0.05, 0) is 49.8 Å². The molecule has 1 aliphatic carbocycles. The van der Waals surface area contributed by atoms with Crippen LogP contribution in [-0.2, 0) is 10.0 Å². The molecule has 118 valence electrons. The Morgan fingerprint density at radius 1 is 1.29 bits per heavy atom. The molecule has 1 unspecified atom stereocenters. The van der Waals surface area contributed by atoms with E-state index >= 15 is 0 Å². The number of sulfonamides is 1. The summed E-state index contributed by atoms with van der Waals surface area (Å²) in [6.07, 6.45) is 6.72. The lowest BCUT2D eigenvalue weighted by atomic mass is 9.83. The fraction of sp³-hybridized carbons (Fsp3) is 0.625. The number of rotatable bonds is 5. The molecule has 1 aliphatic rings. The van der Waals surface area contributed by atoms with Crippen LogP contribution in [0.4, 0.5) is 5.69 Å². The number of nitrogen functional groups attached to an aromatic ring is 1. The molecule has 2 rings (SSSR count). The lowest BCUT2D eigenvalue weighted by Crippen LogP contribution is -2.40. The summed E-state index contributed by atoms with van der Waals surface area (Å²) in [5.41, 5.74) is 7.17. The highest BCUT2D eigenvalue weighted by molar-refractivity contribution is 7.89. The Kier molecular flexibility index (Phi) is 5.27. The summed E-state index contributed by atoms with van der Waals surface area (Å²) in [5, 5.41) is 0. The van der Waals surface area contributed by atoms with Crippen LogP contribution in [0.15, 0.2) is 23.1 Å². The van der Waals surface area contributed by atoms with Crippen molar-refractivity contribution in [2.45, 2.75) is 63.3 Å². The minimum absolute atomic E-state index is 0.0102. The third-order valence-corrected chi connectivity index (χ3v) is 5.98. The highest BCUT2D eigenvalue weighted by Crippen LogP contribution is 2.29. The molecule has 3 N–H and O–H groups in total. The van der Waals surface area contributed by atoms with Crippen molar-refractivity contribution in [3.05, 3.63) is 23.8 Å². The largest absolute Gasteiger partial charge is 0.398 e. The zero-order valence-corrected chi connectivity index (χ0v) is 13.7. The van der Waals surface area contributed by atoms with E-state index in [9.17, 15) is 8.42 Å². The Balaban J connectivity index is 2.18. The molecule has 0 amide bonds. The van der Waals surface area contributed by atoms with Crippen molar-refractivity contribution in [2.75, 3.05) is 5.73 Å². The lowest BCUT2D eigenvalue weighted by molar-refractivity contribution is 0.285. The van der Waals surface area contributed by atoms with Crippen molar-refractivity contribution < 1.29 is 8.42 Å². The van der Waals surface area contributed by atoms with Gasteiger partial charge in [-0.15, -0.1) is 0 Å². The number of anilines is 1. The molecule has 0 heterocycles. The predicted octanol–water partition coefficient (Wildman–Crippen LogP) is 3.21. The van der Waals surface area contributed by atoms with E-state index in [4.69, 9.17) is 5.73 Å². The van der Waals surface area contributed by atoms with E-state index in [0.717, 1.165) is 24.8 Å². The number of nitrogens with two attached hydrogens (primary N) is 1. The second-order valence-corrected chi connectivity index (χ2v) is 7.76. The molecule has 0 saturated heterocycles. The first-order valence-corrected chi connectivity index (χ1v) is 9.31. The van der Waals surface area contributed by atoms with E-state index in [0.29, 0.717) is 11.6 Å². The van der Waals surface area contributed by atoms with Crippen LogP contribution in [0.2, 0.25) is 0 Å². The van der Waals surface area contributed by atoms with Crippen LogP contribution in [-0.4, -0.2) is 14.5 Å². The zero-order chi connectivity index (χ0) is 15.5. The van der Waals surface area contributed by atoms with Crippen molar-refractivity contribution in [3.8, 4) is 0 Å². The lowest BCUT2D eigenvalue weighted by Gasteiger charge is -2.30. The molecular formula is C16H26N2O2S. The van der Waals surface area contributed by atoms with Crippen LogP contribution in [0.25, 0.3) is 0 Å². The van der Waals surface area contributed by atoms with Crippen LogP contribution in [0, 0.1) is 12.8 Å². The van der Waals surface area contributed by atoms with Gasteiger partial charge in [0.05, 0.1) is 5.69 Å². The third kappa shape index (κ3) is 3.98. The topological polar surface area (TPSA) is 72.2 Å². The molecule has 0 radical (unpaired) electrons. The van der Waals surface area contributed by atoms with E-state index in [1.165, 1.54) is 19.3 Å². The highest BCUT2D eigenvalue weighted by Gasteiger charge is 2.28. The van der Waals surface area contributed by atoms with Gasteiger partial charge in [0.1, 0.15) is 4.90 Å². The van der Waals surface area contributed by atoms with Crippen molar-refractivity contribution in [3.63, 3.8) is 0 Å². The first-order chi connectivity index (χ1) is 9.94. The summed E-state index contributed by atoms with van der Waals surface area (Å²) in [6.45, 7) is 3.94. The molecule has 0 aromatic heterocycles. The van der Waals surface area contributed by atoms with Crippen molar-refractivity contribution in [1.29, 1.82) is 0 Å². The summed E-state index contributed by atoms with van der Waals surface area (Å²) < 4.78 is 28.1. The smallest absolute Gasteiger partial charge is 0.242 e. The summed E-state index contributed by atoms with van der Waals surface area (Å²) in [5.74, 6) is 0.449. The van der Waals surface area contributed by atoms with Crippen LogP contribution >= 0.6 is 0 Å². The maximum atomic E-state index is 12.6. The van der Waals surface area contributed by atoms with Crippen molar-refractivity contribution in [1.82, 2.24) is 4.72 Å². The summed E-state index contributed by atoms with van der Waals surface area (Å²) in [6, 6.07) is 5.10.